The average molecular weight is 348 g/mol. The molecule has 5 heteroatoms. The molecule has 1 aromatic heterocycles. The summed E-state index contributed by atoms with van der Waals surface area (Å²) in [6, 6.07) is 8.38. The lowest BCUT2D eigenvalue weighted by Gasteiger charge is -2.09. The van der Waals surface area contributed by atoms with Gasteiger partial charge in [0.15, 0.2) is 5.13 Å². The molecule has 0 saturated carbocycles. The van der Waals surface area contributed by atoms with Gasteiger partial charge in [0.05, 0.1) is 12.3 Å². The minimum atomic E-state index is 0.283. The Bertz CT molecular complexity index is 583. The lowest BCUT2D eigenvalue weighted by atomic mass is 10.2. The molecule has 0 aliphatic rings. The van der Waals surface area contributed by atoms with Crippen LogP contribution in [-0.4, -0.2) is 18.1 Å². The zero-order chi connectivity index (χ0) is 17.2. The third kappa shape index (κ3) is 6.13. The van der Waals surface area contributed by atoms with Crippen molar-refractivity contribution in [3.63, 3.8) is 0 Å². The summed E-state index contributed by atoms with van der Waals surface area (Å²) >= 11 is 1.63. The van der Waals surface area contributed by atoms with E-state index in [1.807, 2.05) is 24.3 Å². The summed E-state index contributed by atoms with van der Waals surface area (Å²) in [4.78, 5) is 4.64. The number of ether oxygens (including phenoxy) is 1. The SMILES string of the molecule is CCCCCCOc1ccc(Nc2nc(C(C)NCC)cs2)cc1. The molecule has 0 aliphatic heterocycles. The van der Waals surface area contributed by atoms with Crippen LogP contribution in [0.1, 0.15) is 58.2 Å². The van der Waals surface area contributed by atoms with Crippen molar-refractivity contribution in [3.05, 3.63) is 35.3 Å². The van der Waals surface area contributed by atoms with E-state index >= 15 is 0 Å². The second-order valence-corrected chi connectivity index (χ2v) is 6.77. The molecule has 2 N–H and O–H groups in total. The number of rotatable bonds is 11. The fourth-order valence-electron chi connectivity index (χ4n) is 2.43. The molecule has 0 aliphatic carbocycles. The molecule has 0 radical (unpaired) electrons. The molecule has 0 spiro atoms. The molecule has 4 nitrogen and oxygen atoms in total. The molecule has 24 heavy (non-hydrogen) atoms. The Morgan fingerprint density at radius 2 is 1.92 bits per heavy atom. The highest BCUT2D eigenvalue weighted by molar-refractivity contribution is 7.13. The summed E-state index contributed by atoms with van der Waals surface area (Å²) in [5.41, 5.74) is 2.11. The summed E-state index contributed by atoms with van der Waals surface area (Å²) in [7, 11) is 0. The number of hydrogen-bond acceptors (Lipinski definition) is 5. The molecule has 0 bridgehead atoms. The predicted octanol–water partition coefficient (Wildman–Crippen LogP) is 5.52. The highest BCUT2D eigenvalue weighted by atomic mass is 32.1. The second-order valence-electron chi connectivity index (χ2n) is 5.92. The Kier molecular flexibility index (Phi) is 8.05. The van der Waals surface area contributed by atoms with E-state index in [2.05, 4.69) is 41.8 Å². The van der Waals surface area contributed by atoms with Gasteiger partial charge in [-0.05, 0) is 44.2 Å². The Balaban J connectivity index is 1.81. The molecule has 1 aromatic carbocycles. The third-order valence-electron chi connectivity index (χ3n) is 3.85. The van der Waals surface area contributed by atoms with Crippen molar-refractivity contribution < 1.29 is 4.74 Å². The standard InChI is InChI=1S/C19H29N3OS/c1-4-6-7-8-13-23-17-11-9-16(10-12-17)21-19-22-18(14-24-19)15(3)20-5-2/h9-12,14-15,20H,4-8,13H2,1-3H3,(H,21,22). The molecular weight excluding hydrogens is 318 g/mol. The van der Waals surface area contributed by atoms with Gasteiger partial charge in [0, 0.05) is 17.1 Å². The van der Waals surface area contributed by atoms with Gasteiger partial charge in [0.25, 0.3) is 0 Å². The van der Waals surface area contributed by atoms with E-state index in [4.69, 9.17) is 4.74 Å². The zero-order valence-electron chi connectivity index (χ0n) is 15.0. The van der Waals surface area contributed by atoms with Crippen molar-refractivity contribution in [2.75, 3.05) is 18.5 Å². The first-order valence-electron chi connectivity index (χ1n) is 8.91. The molecule has 1 heterocycles. The van der Waals surface area contributed by atoms with E-state index in [-0.39, 0.29) is 6.04 Å². The van der Waals surface area contributed by atoms with Gasteiger partial charge in [-0.1, -0.05) is 33.1 Å². The van der Waals surface area contributed by atoms with Crippen LogP contribution in [0.25, 0.3) is 0 Å². The van der Waals surface area contributed by atoms with Crippen LogP contribution in [0.3, 0.4) is 0 Å². The maximum atomic E-state index is 5.77. The summed E-state index contributed by atoms with van der Waals surface area (Å²) in [5.74, 6) is 0.928. The highest BCUT2D eigenvalue weighted by Gasteiger charge is 2.08. The summed E-state index contributed by atoms with van der Waals surface area (Å²) < 4.78 is 5.77. The maximum Gasteiger partial charge on any atom is 0.187 e. The largest absolute Gasteiger partial charge is 0.494 e. The highest BCUT2D eigenvalue weighted by Crippen LogP contribution is 2.25. The minimum Gasteiger partial charge on any atom is -0.494 e. The van der Waals surface area contributed by atoms with Crippen molar-refractivity contribution in [1.82, 2.24) is 10.3 Å². The Hall–Kier alpha value is -1.59. The molecule has 0 amide bonds. The van der Waals surface area contributed by atoms with Gasteiger partial charge in [-0.25, -0.2) is 4.98 Å². The topological polar surface area (TPSA) is 46.2 Å². The molecule has 132 valence electrons. The number of hydrogen-bond donors (Lipinski definition) is 2. The number of unbranched alkanes of at least 4 members (excludes halogenated alkanes) is 3. The Morgan fingerprint density at radius 1 is 1.12 bits per heavy atom. The quantitative estimate of drug-likeness (QED) is 0.526. The van der Waals surface area contributed by atoms with Crippen LogP contribution in [0.4, 0.5) is 10.8 Å². The Labute approximate surface area is 149 Å². The lowest BCUT2D eigenvalue weighted by Crippen LogP contribution is -2.17. The van der Waals surface area contributed by atoms with E-state index in [0.717, 1.165) is 41.8 Å². The number of benzene rings is 1. The first-order valence-corrected chi connectivity index (χ1v) is 9.79. The van der Waals surface area contributed by atoms with Crippen LogP contribution < -0.4 is 15.4 Å². The monoisotopic (exact) mass is 347 g/mol. The molecule has 1 atom stereocenters. The van der Waals surface area contributed by atoms with Crippen molar-refractivity contribution >= 4 is 22.2 Å². The number of nitrogens with one attached hydrogen (secondary N) is 2. The van der Waals surface area contributed by atoms with Crippen molar-refractivity contribution in [3.8, 4) is 5.75 Å². The molecular formula is C19H29N3OS. The van der Waals surface area contributed by atoms with Crippen LogP contribution in [0, 0.1) is 0 Å². The van der Waals surface area contributed by atoms with Gasteiger partial charge in [-0.2, -0.15) is 0 Å². The molecule has 1 unspecified atom stereocenters. The van der Waals surface area contributed by atoms with Gasteiger partial charge < -0.3 is 15.4 Å². The minimum absolute atomic E-state index is 0.283. The fraction of sp³-hybridized carbons (Fsp3) is 0.526. The smallest absolute Gasteiger partial charge is 0.187 e. The molecule has 0 fully saturated rings. The van der Waals surface area contributed by atoms with Gasteiger partial charge in [-0.15, -0.1) is 11.3 Å². The predicted molar refractivity (Wildman–Crippen MR) is 104 cm³/mol. The van der Waals surface area contributed by atoms with Crippen molar-refractivity contribution in [2.45, 2.75) is 52.5 Å². The number of anilines is 2. The van der Waals surface area contributed by atoms with Gasteiger partial charge in [0.2, 0.25) is 0 Å². The maximum absolute atomic E-state index is 5.77. The summed E-state index contributed by atoms with van der Waals surface area (Å²) in [5, 5.41) is 9.76. The van der Waals surface area contributed by atoms with Crippen molar-refractivity contribution in [2.24, 2.45) is 0 Å². The van der Waals surface area contributed by atoms with Crippen LogP contribution in [0.2, 0.25) is 0 Å². The molecule has 2 aromatic rings. The van der Waals surface area contributed by atoms with Gasteiger partial charge in [0.1, 0.15) is 5.75 Å². The summed E-state index contributed by atoms with van der Waals surface area (Å²) in [6.45, 7) is 8.20. The lowest BCUT2D eigenvalue weighted by molar-refractivity contribution is 0.305. The average Bonchev–Trinajstić information content (AvgIpc) is 3.05. The molecule has 0 saturated heterocycles. The second kappa shape index (κ2) is 10.3. The van der Waals surface area contributed by atoms with E-state index in [0.29, 0.717) is 0 Å². The Morgan fingerprint density at radius 3 is 2.62 bits per heavy atom. The summed E-state index contributed by atoms with van der Waals surface area (Å²) in [6.07, 6.45) is 4.91. The molecule has 2 rings (SSSR count). The van der Waals surface area contributed by atoms with E-state index < -0.39 is 0 Å². The number of aromatic nitrogens is 1. The van der Waals surface area contributed by atoms with E-state index in [1.165, 1.54) is 19.3 Å². The van der Waals surface area contributed by atoms with Crippen molar-refractivity contribution in [1.29, 1.82) is 0 Å². The van der Waals surface area contributed by atoms with E-state index in [1.54, 1.807) is 11.3 Å². The zero-order valence-corrected chi connectivity index (χ0v) is 15.8. The number of thiazole rings is 1. The van der Waals surface area contributed by atoms with Gasteiger partial charge in [-0.3, -0.25) is 0 Å². The van der Waals surface area contributed by atoms with Crippen LogP contribution >= 0.6 is 11.3 Å². The first-order chi connectivity index (χ1) is 11.7. The first kappa shape index (κ1) is 18.7. The fourth-order valence-corrected chi connectivity index (χ4v) is 3.25. The van der Waals surface area contributed by atoms with E-state index in [9.17, 15) is 0 Å². The van der Waals surface area contributed by atoms with Crippen LogP contribution in [0.15, 0.2) is 29.6 Å². The normalized spacial score (nSPS) is 12.1. The van der Waals surface area contributed by atoms with Crippen LogP contribution in [0.5, 0.6) is 5.75 Å². The third-order valence-corrected chi connectivity index (χ3v) is 4.62. The van der Waals surface area contributed by atoms with Crippen LogP contribution in [-0.2, 0) is 0 Å². The number of nitrogens with zero attached hydrogens (tertiary/aromatic N) is 1. The van der Waals surface area contributed by atoms with Gasteiger partial charge >= 0.3 is 0 Å².